The van der Waals surface area contributed by atoms with Gasteiger partial charge in [0.05, 0.1) is 0 Å². The molecule has 0 saturated carbocycles. The van der Waals surface area contributed by atoms with Gasteiger partial charge in [0.25, 0.3) is 0 Å². The van der Waals surface area contributed by atoms with E-state index in [0.717, 1.165) is 0 Å². The summed E-state index contributed by atoms with van der Waals surface area (Å²) in [6, 6.07) is 0. The molecule has 0 aliphatic heterocycles. The number of allylic oxidation sites excluding steroid dienone is 4. The number of hydrogen-bond acceptors (Lipinski definition) is 0. The molecule has 13 heavy (non-hydrogen) atoms. The van der Waals surface area contributed by atoms with Gasteiger partial charge in [-0.15, -0.1) is 0 Å². The molecule has 1 aliphatic rings. The SMILES string of the molecule is CC1=C(C)C(C)(C)[C]([Zr+2])=C1C.[Cl-].[Cl-]. The second-order valence-electron chi connectivity index (χ2n) is 3.88. The van der Waals surface area contributed by atoms with Crippen LogP contribution in [-0.4, -0.2) is 0 Å². The summed E-state index contributed by atoms with van der Waals surface area (Å²) < 4.78 is 1.62. The summed E-state index contributed by atoms with van der Waals surface area (Å²) >= 11 is 1.57. The molecule has 0 aromatic carbocycles. The molecule has 0 saturated heterocycles. The van der Waals surface area contributed by atoms with Gasteiger partial charge in [-0.1, -0.05) is 0 Å². The monoisotopic (exact) mass is 295 g/mol. The summed E-state index contributed by atoms with van der Waals surface area (Å²) in [5.74, 6) is 0. The first-order valence-electron chi connectivity index (χ1n) is 4.00. The first-order valence-corrected chi connectivity index (χ1v) is 5.23. The van der Waals surface area contributed by atoms with E-state index in [9.17, 15) is 0 Å². The van der Waals surface area contributed by atoms with Gasteiger partial charge in [-0.2, -0.15) is 0 Å². The van der Waals surface area contributed by atoms with Crippen molar-refractivity contribution in [1.29, 1.82) is 0 Å². The smallest absolute Gasteiger partial charge is 1.00 e. The minimum absolute atomic E-state index is 0. The van der Waals surface area contributed by atoms with E-state index in [0.29, 0.717) is 5.41 Å². The number of rotatable bonds is 0. The van der Waals surface area contributed by atoms with Crippen LogP contribution in [0.3, 0.4) is 0 Å². The standard InChI is InChI=1S/C10H15.2ClH.Zr/c1-7-6-10(4,5)9(3)8(7)2;;;/h1-5H3;2*1H;/q;;;+2/p-2. The van der Waals surface area contributed by atoms with Crippen LogP contribution in [0.25, 0.3) is 0 Å². The van der Waals surface area contributed by atoms with Crippen LogP contribution >= 0.6 is 0 Å². The van der Waals surface area contributed by atoms with Crippen LogP contribution in [0.4, 0.5) is 0 Å². The molecule has 0 unspecified atom stereocenters. The van der Waals surface area contributed by atoms with E-state index in [1.165, 1.54) is 11.1 Å². The first kappa shape index (κ1) is 16.4. The Morgan fingerprint density at radius 3 is 1.38 bits per heavy atom. The van der Waals surface area contributed by atoms with Gasteiger partial charge in [-0.25, -0.2) is 0 Å². The van der Waals surface area contributed by atoms with Gasteiger partial charge in [0.15, 0.2) is 0 Å². The molecular formula is C10H15Cl2Zr. The van der Waals surface area contributed by atoms with Crippen LogP contribution in [0, 0.1) is 5.41 Å². The van der Waals surface area contributed by atoms with Crippen molar-refractivity contribution in [3.8, 4) is 0 Å². The van der Waals surface area contributed by atoms with Crippen LogP contribution in [0.15, 0.2) is 20.0 Å². The normalized spacial score (nSPS) is 19.9. The Morgan fingerprint density at radius 2 is 1.31 bits per heavy atom. The van der Waals surface area contributed by atoms with Crippen molar-refractivity contribution < 1.29 is 49.5 Å². The van der Waals surface area contributed by atoms with Crippen LogP contribution in [-0.2, 0) is 24.7 Å². The van der Waals surface area contributed by atoms with Crippen LogP contribution in [0.1, 0.15) is 34.6 Å². The van der Waals surface area contributed by atoms with Crippen molar-refractivity contribution in [1.82, 2.24) is 0 Å². The van der Waals surface area contributed by atoms with Crippen LogP contribution in [0.2, 0.25) is 0 Å². The fraction of sp³-hybridized carbons (Fsp3) is 0.600. The molecule has 0 nitrogen and oxygen atoms in total. The predicted octanol–water partition coefficient (Wildman–Crippen LogP) is -2.81. The average molecular weight is 297 g/mol. The molecule has 0 fully saturated rings. The van der Waals surface area contributed by atoms with Crippen molar-refractivity contribution >= 4 is 0 Å². The topological polar surface area (TPSA) is 0 Å². The molecule has 0 bridgehead atoms. The summed E-state index contributed by atoms with van der Waals surface area (Å²) in [5.41, 5.74) is 4.96. The van der Waals surface area contributed by atoms with Gasteiger partial charge in [0, 0.05) is 0 Å². The predicted molar refractivity (Wildman–Crippen MR) is 44.9 cm³/mol. The second-order valence-corrected chi connectivity index (χ2v) is 5.10. The van der Waals surface area contributed by atoms with Gasteiger partial charge in [-0.3, -0.25) is 0 Å². The van der Waals surface area contributed by atoms with E-state index in [4.69, 9.17) is 0 Å². The molecule has 1 aliphatic carbocycles. The molecule has 0 heterocycles. The van der Waals surface area contributed by atoms with Gasteiger partial charge in [0.1, 0.15) is 0 Å². The molecule has 0 aromatic heterocycles. The Balaban J connectivity index is 0. The van der Waals surface area contributed by atoms with Gasteiger partial charge >= 0.3 is 84.8 Å². The average Bonchev–Trinajstić information content (AvgIpc) is 2.06. The summed E-state index contributed by atoms with van der Waals surface area (Å²) in [4.78, 5) is 0. The summed E-state index contributed by atoms with van der Waals surface area (Å²) in [5, 5.41) is 0. The fourth-order valence-corrected chi connectivity index (χ4v) is 2.52. The minimum Gasteiger partial charge on any atom is -1.00 e. The molecule has 0 atom stereocenters. The molecule has 0 aromatic rings. The molecule has 0 spiro atoms. The van der Waals surface area contributed by atoms with Crippen molar-refractivity contribution in [2.45, 2.75) is 34.6 Å². The maximum atomic E-state index is 2.33. The van der Waals surface area contributed by atoms with E-state index >= 15 is 0 Å². The van der Waals surface area contributed by atoms with Crippen molar-refractivity contribution in [2.75, 3.05) is 0 Å². The van der Waals surface area contributed by atoms with E-state index in [-0.39, 0.29) is 24.8 Å². The summed E-state index contributed by atoms with van der Waals surface area (Å²) in [6.07, 6.45) is 0. The van der Waals surface area contributed by atoms with E-state index in [1.807, 2.05) is 0 Å². The third-order valence-corrected chi connectivity index (χ3v) is 5.52. The quantitative estimate of drug-likeness (QED) is 0.453. The Morgan fingerprint density at radius 1 is 0.923 bits per heavy atom. The Hall–Kier alpha value is 0.943. The molecule has 0 N–H and O–H groups in total. The van der Waals surface area contributed by atoms with Crippen molar-refractivity contribution in [3.05, 3.63) is 20.0 Å². The second kappa shape index (κ2) is 5.14. The van der Waals surface area contributed by atoms with Crippen molar-refractivity contribution in [2.24, 2.45) is 5.41 Å². The fourth-order valence-electron chi connectivity index (χ4n) is 1.59. The Labute approximate surface area is 109 Å². The van der Waals surface area contributed by atoms with Gasteiger partial charge < -0.3 is 24.8 Å². The molecular weight excluding hydrogens is 282 g/mol. The molecule has 0 amide bonds. The Bertz CT molecular complexity index is 236. The first-order chi connectivity index (χ1) is 4.89. The molecule has 1 rings (SSSR count). The minimum atomic E-state index is 0. The van der Waals surface area contributed by atoms with E-state index in [1.54, 1.807) is 33.6 Å². The van der Waals surface area contributed by atoms with Crippen LogP contribution < -0.4 is 24.8 Å². The third kappa shape index (κ3) is 2.49. The summed E-state index contributed by atoms with van der Waals surface area (Å²) in [6.45, 7) is 11.4. The molecule has 3 heteroatoms. The van der Waals surface area contributed by atoms with E-state index in [2.05, 4.69) is 34.6 Å². The zero-order chi connectivity index (χ0) is 8.81. The van der Waals surface area contributed by atoms with Crippen LogP contribution in [0.5, 0.6) is 0 Å². The largest absolute Gasteiger partial charge is 1.00 e. The zero-order valence-corrected chi connectivity index (χ0v) is 12.7. The number of halogens is 2. The molecule has 0 radical (unpaired) electrons. The summed E-state index contributed by atoms with van der Waals surface area (Å²) in [7, 11) is 0. The maximum Gasteiger partial charge on any atom is -1.00 e. The van der Waals surface area contributed by atoms with Gasteiger partial charge in [-0.05, 0) is 0 Å². The number of hydrogen-bond donors (Lipinski definition) is 0. The van der Waals surface area contributed by atoms with Crippen molar-refractivity contribution in [3.63, 3.8) is 0 Å². The van der Waals surface area contributed by atoms with E-state index < -0.39 is 0 Å². The Kier molecular flexibility index (Phi) is 6.48. The van der Waals surface area contributed by atoms with Gasteiger partial charge in [0.2, 0.25) is 0 Å². The third-order valence-electron chi connectivity index (χ3n) is 3.06. The zero-order valence-electron chi connectivity index (χ0n) is 8.76. The molecule has 73 valence electrons. The maximum absolute atomic E-state index is 2.33.